The first-order chi connectivity index (χ1) is 5.49. The number of hydrogen-bond acceptors (Lipinski definition) is 3. The summed E-state index contributed by atoms with van der Waals surface area (Å²) < 4.78 is 4.76. The molecule has 0 spiro atoms. The Hall–Kier alpha value is -0.440. The van der Waals surface area contributed by atoms with Crippen LogP contribution in [0.15, 0.2) is 11.6 Å². The maximum atomic E-state index is 10.4. The van der Waals surface area contributed by atoms with Crippen LogP contribution >= 0.6 is 9.47 Å². The summed E-state index contributed by atoms with van der Waals surface area (Å²) in [5, 5.41) is 17.6. The molecule has 5 heteroatoms. The van der Waals surface area contributed by atoms with Crippen molar-refractivity contribution in [1.29, 1.82) is 0 Å². The highest BCUT2D eigenvalue weighted by molar-refractivity contribution is 7.09. The van der Waals surface area contributed by atoms with Gasteiger partial charge in [-0.05, 0) is 19.9 Å². The monoisotopic (exact) mass is 192 g/mol. The first-order valence-electron chi connectivity index (χ1n) is 3.44. The van der Waals surface area contributed by atoms with E-state index in [1.807, 2.05) is 9.47 Å². The average molecular weight is 192 g/mol. The summed E-state index contributed by atoms with van der Waals surface area (Å²) >= 11 is 0. The number of rotatable bonds is 4. The van der Waals surface area contributed by atoms with Crippen molar-refractivity contribution in [3.8, 4) is 0 Å². The van der Waals surface area contributed by atoms with Crippen LogP contribution < -0.4 is 0 Å². The Balaban J connectivity index is 4.35. The molecule has 4 nitrogen and oxygen atoms in total. The van der Waals surface area contributed by atoms with Crippen molar-refractivity contribution in [2.24, 2.45) is 0 Å². The van der Waals surface area contributed by atoms with Crippen molar-refractivity contribution < 1.29 is 19.5 Å². The third-order valence-electron chi connectivity index (χ3n) is 1.38. The van der Waals surface area contributed by atoms with Crippen molar-refractivity contribution >= 4 is 15.4 Å². The molecule has 0 aliphatic carbocycles. The van der Waals surface area contributed by atoms with Gasteiger partial charge in [-0.25, -0.2) is 4.79 Å². The number of carboxylic acids is 1. The van der Waals surface area contributed by atoms with E-state index in [0.717, 1.165) is 0 Å². The van der Waals surface area contributed by atoms with Crippen LogP contribution in [0.2, 0.25) is 0 Å². The maximum Gasteiger partial charge on any atom is 0.331 e. The van der Waals surface area contributed by atoms with E-state index < -0.39 is 18.2 Å². The fraction of sp³-hybridized carbons (Fsp3) is 0.571. The molecule has 0 aromatic carbocycles. The van der Waals surface area contributed by atoms with E-state index in [-0.39, 0.29) is 5.57 Å². The molecule has 3 unspecified atom stereocenters. The summed E-state index contributed by atoms with van der Waals surface area (Å²) in [6, 6.07) is 0. The molecule has 3 atom stereocenters. The topological polar surface area (TPSA) is 66.8 Å². The highest BCUT2D eigenvalue weighted by atomic mass is 31.0. The Bertz CT molecular complexity index is 188. The molecular formula is C7H13O4P. The molecule has 0 saturated heterocycles. The van der Waals surface area contributed by atoms with E-state index in [2.05, 4.69) is 0 Å². The van der Waals surface area contributed by atoms with E-state index in [1.54, 1.807) is 0 Å². The fourth-order valence-electron chi connectivity index (χ4n) is 0.610. The molecule has 0 aromatic rings. The smallest absolute Gasteiger partial charge is 0.331 e. The van der Waals surface area contributed by atoms with Crippen molar-refractivity contribution in [2.45, 2.75) is 26.1 Å². The van der Waals surface area contributed by atoms with Crippen LogP contribution in [-0.2, 0) is 9.32 Å². The van der Waals surface area contributed by atoms with Gasteiger partial charge >= 0.3 is 5.97 Å². The van der Waals surface area contributed by atoms with Gasteiger partial charge in [0.15, 0.2) is 0 Å². The van der Waals surface area contributed by atoms with Gasteiger partial charge in [0.2, 0.25) is 0 Å². The van der Waals surface area contributed by atoms with Gasteiger partial charge in [0.05, 0.1) is 6.10 Å². The summed E-state index contributed by atoms with van der Waals surface area (Å²) in [7, 11) is 1.99. The lowest BCUT2D eigenvalue weighted by Gasteiger charge is -2.13. The quantitative estimate of drug-likeness (QED) is 0.505. The van der Waals surface area contributed by atoms with Crippen LogP contribution in [-0.4, -0.2) is 28.4 Å². The van der Waals surface area contributed by atoms with Crippen LogP contribution in [0.4, 0.5) is 0 Å². The van der Waals surface area contributed by atoms with Gasteiger partial charge in [0.25, 0.3) is 0 Å². The zero-order valence-corrected chi connectivity index (χ0v) is 8.18. The molecule has 0 rings (SSSR count). The van der Waals surface area contributed by atoms with Crippen LogP contribution in [0.5, 0.6) is 0 Å². The Morgan fingerprint density at radius 3 is 2.42 bits per heavy atom. The summed E-state index contributed by atoms with van der Waals surface area (Å²) in [5.41, 5.74) is 0.156. The average Bonchev–Trinajstić information content (AvgIpc) is 1.98. The molecule has 0 radical (unpaired) electrons. The Morgan fingerprint density at radius 1 is 1.67 bits per heavy atom. The largest absolute Gasteiger partial charge is 0.478 e. The maximum absolute atomic E-state index is 10.4. The van der Waals surface area contributed by atoms with Gasteiger partial charge in [-0.3, -0.25) is 0 Å². The summed E-state index contributed by atoms with van der Waals surface area (Å²) in [5.74, 6) is -1.01. The van der Waals surface area contributed by atoms with Crippen LogP contribution in [0.3, 0.4) is 0 Å². The van der Waals surface area contributed by atoms with Crippen LogP contribution in [0.1, 0.15) is 13.8 Å². The second-order valence-corrected chi connectivity index (χ2v) is 2.77. The molecule has 0 aliphatic heterocycles. The van der Waals surface area contributed by atoms with E-state index in [1.165, 1.54) is 19.9 Å². The number of carbonyl (C=O) groups is 1. The van der Waals surface area contributed by atoms with Crippen LogP contribution in [0.25, 0.3) is 0 Å². The molecule has 0 heterocycles. The Kier molecular flexibility index (Phi) is 5.06. The molecule has 0 aromatic heterocycles. The van der Waals surface area contributed by atoms with Gasteiger partial charge in [-0.2, -0.15) is 0 Å². The summed E-state index contributed by atoms with van der Waals surface area (Å²) in [6.45, 7) is 2.97. The second-order valence-electron chi connectivity index (χ2n) is 2.50. The molecule has 0 fully saturated rings. The molecular weight excluding hydrogens is 179 g/mol. The zero-order chi connectivity index (χ0) is 9.72. The highest BCUT2D eigenvalue weighted by Crippen LogP contribution is 2.08. The molecule has 0 aliphatic rings. The zero-order valence-electron chi connectivity index (χ0n) is 7.02. The van der Waals surface area contributed by atoms with Crippen LogP contribution in [0, 0.1) is 0 Å². The number of aliphatic hydroxyl groups excluding tert-OH is 1. The SMILES string of the molecule is CC(=CC(OP)C(C)O)C(=O)O. The summed E-state index contributed by atoms with van der Waals surface area (Å²) in [6.07, 6.45) is 0.0444. The Morgan fingerprint density at radius 2 is 2.17 bits per heavy atom. The molecule has 70 valence electrons. The number of aliphatic hydroxyl groups is 1. The van der Waals surface area contributed by atoms with Crippen molar-refractivity contribution in [2.75, 3.05) is 0 Å². The first kappa shape index (κ1) is 11.6. The lowest BCUT2D eigenvalue weighted by molar-refractivity contribution is -0.132. The lowest BCUT2D eigenvalue weighted by atomic mass is 10.1. The minimum atomic E-state index is -1.01. The number of carboxylic acid groups (broad SMARTS) is 1. The minimum Gasteiger partial charge on any atom is -0.478 e. The Labute approximate surface area is 73.5 Å². The van der Waals surface area contributed by atoms with Gasteiger partial charge in [-0.1, -0.05) is 0 Å². The van der Waals surface area contributed by atoms with E-state index in [4.69, 9.17) is 14.7 Å². The number of aliphatic carboxylic acids is 1. The normalized spacial score (nSPS) is 17.2. The predicted octanol–water partition coefficient (Wildman–Crippen LogP) is 0.573. The first-order valence-corrected chi connectivity index (χ1v) is 3.91. The lowest BCUT2D eigenvalue weighted by Crippen LogP contribution is -2.21. The van der Waals surface area contributed by atoms with Crippen molar-refractivity contribution in [3.63, 3.8) is 0 Å². The van der Waals surface area contributed by atoms with Gasteiger partial charge in [0.1, 0.15) is 6.10 Å². The minimum absolute atomic E-state index is 0.156. The number of hydrogen-bond donors (Lipinski definition) is 2. The van der Waals surface area contributed by atoms with E-state index in [0.29, 0.717) is 0 Å². The van der Waals surface area contributed by atoms with Gasteiger partial charge < -0.3 is 14.7 Å². The van der Waals surface area contributed by atoms with E-state index >= 15 is 0 Å². The molecule has 2 N–H and O–H groups in total. The predicted molar refractivity (Wildman–Crippen MR) is 47.7 cm³/mol. The molecule has 0 saturated carbocycles. The summed E-state index contributed by atoms with van der Waals surface area (Å²) in [4.78, 5) is 10.4. The highest BCUT2D eigenvalue weighted by Gasteiger charge is 2.12. The second kappa shape index (κ2) is 5.25. The molecule has 0 bridgehead atoms. The van der Waals surface area contributed by atoms with E-state index in [9.17, 15) is 4.79 Å². The standard InChI is InChI=1S/C7H13O4P/c1-4(7(9)10)3-6(11-12)5(2)8/h3,5-6,8H,12H2,1-2H3,(H,9,10). The molecule has 0 amide bonds. The third kappa shape index (κ3) is 3.81. The third-order valence-corrected chi connectivity index (χ3v) is 1.70. The van der Waals surface area contributed by atoms with Gasteiger partial charge in [0, 0.05) is 15.0 Å². The van der Waals surface area contributed by atoms with Gasteiger partial charge in [-0.15, -0.1) is 0 Å². The molecule has 12 heavy (non-hydrogen) atoms. The van der Waals surface area contributed by atoms with Crippen molar-refractivity contribution in [1.82, 2.24) is 0 Å². The fourth-order valence-corrected chi connectivity index (χ4v) is 0.916. The van der Waals surface area contributed by atoms with Crippen molar-refractivity contribution in [3.05, 3.63) is 11.6 Å².